The van der Waals surface area contributed by atoms with Crippen molar-refractivity contribution in [1.29, 1.82) is 0 Å². The summed E-state index contributed by atoms with van der Waals surface area (Å²) >= 11 is 6.50. The molecule has 0 fully saturated rings. The first-order valence-electron chi connectivity index (χ1n) is 7.16. The van der Waals surface area contributed by atoms with E-state index in [9.17, 15) is 0 Å². The van der Waals surface area contributed by atoms with E-state index in [4.69, 9.17) is 11.6 Å². The van der Waals surface area contributed by atoms with Gasteiger partial charge in [0.25, 0.3) is 0 Å². The topological polar surface area (TPSA) is 29.9 Å². The van der Waals surface area contributed by atoms with Crippen molar-refractivity contribution < 1.29 is 0 Å². The number of hydrogen-bond donors (Lipinski definition) is 1. The van der Waals surface area contributed by atoms with Crippen LogP contribution in [0.1, 0.15) is 35.5 Å². The lowest BCUT2D eigenvalue weighted by Crippen LogP contribution is -2.26. The molecule has 2 aromatic rings. The number of nitrogens with zero attached hydrogens (tertiary/aromatic N) is 2. The predicted octanol–water partition coefficient (Wildman–Crippen LogP) is 2.98. The minimum absolute atomic E-state index is 0.131. The van der Waals surface area contributed by atoms with Crippen LogP contribution in [0.4, 0.5) is 0 Å². The molecule has 1 aliphatic carbocycles. The predicted molar refractivity (Wildman–Crippen MR) is 82.0 cm³/mol. The Morgan fingerprint density at radius 1 is 1.40 bits per heavy atom. The summed E-state index contributed by atoms with van der Waals surface area (Å²) in [6.45, 7) is 2.92. The third kappa shape index (κ3) is 2.48. The molecule has 2 atom stereocenters. The maximum Gasteiger partial charge on any atom is 0.0625 e. The number of rotatable bonds is 4. The maximum atomic E-state index is 6.50. The van der Waals surface area contributed by atoms with Crippen molar-refractivity contribution in [2.24, 2.45) is 7.05 Å². The van der Waals surface area contributed by atoms with E-state index in [1.165, 1.54) is 16.8 Å². The fourth-order valence-electron chi connectivity index (χ4n) is 2.91. The number of aromatic nitrogens is 2. The number of benzene rings is 1. The fourth-order valence-corrected chi connectivity index (χ4v) is 3.30. The van der Waals surface area contributed by atoms with E-state index in [2.05, 4.69) is 47.7 Å². The summed E-state index contributed by atoms with van der Waals surface area (Å²) in [5.74, 6) is 0. The first-order chi connectivity index (χ1) is 9.69. The molecule has 20 heavy (non-hydrogen) atoms. The van der Waals surface area contributed by atoms with Gasteiger partial charge < -0.3 is 5.32 Å². The first-order valence-corrected chi connectivity index (χ1v) is 7.59. The molecular weight excluding hydrogens is 270 g/mol. The Morgan fingerprint density at radius 3 is 2.95 bits per heavy atom. The molecule has 1 aromatic carbocycles. The van der Waals surface area contributed by atoms with Crippen LogP contribution < -0.4 is 5.32 Å². The highest BCUT2D eigenvalue weighted by Crippen LogP contribution is 2.34. The summed E-state index contributed by atoms with van der Waals surface area (Å²) in [4.78, 5) is 0. The number of nitrogens with one attached hydrogen (secondary N) is 1. The molecule has 0 aliphatic heterocycles. The molecule has 1 N–H and O–H groups in total. The minimum atomic E-state index is 0.131. The second-order valence-electron chi connectivity index (χ2n) is 5.38. The Balaban J connectivity index is 1.73. The monoisotopic (exact) mass is 289 g/mol. The maximum absolute atomic E-state index is 6.50. The van der Waals surface area contributed by atoms with Crippen molar-refractivity contribution in [2.45, 2.75) is 37.7 Å². The molecule has 2 unspecified atom stereocenters. The summed E-state index contributed by atoms with van der Waals surface area (Å²) < 4.78 is 1.95. The Hall–Kier alpha value is -1.32. The molecule has 1 aliphatic rings. The largest absolute Gasteiger partial charge is 0.303 e. The molecule has 4 heteroatoms. The summed E-state index contributed by atoms with van der Waals surface area (Å²) in [6.07, 6.45) is 1.92. The molecular formula is C16H20ClN3. The van der Waals surface area contributed by atoms with Gasteiger partial charge in [-0.2, -0.15) is 5.10 Å². The van der Waals surface area contributed by atoms with Gasteiger partial charge >= 0.3 is 0 Å². The van der Waals surface area contributed by atoms with E-state index in [0.717, 1.165) is 25.1 Å². The molecule has 0 saturated heterocycles. The lowest BCUT2D eigenvalue weighted by molar-refractivity contribution is 0.517. The molecule has 3 nitrogen and oxygen atoms in total. The highest BCUT2D eigenvalue weighted by molar-refractivity contribution is 6.21. The Kier molecular flexibility index (Phi) is 3.81. The van der Waals surface area contributed by atoms with Crippen LogP contribution in [0.5, 0.6) is 0 Å². The van der Waals surface area contributed by atoms with Crippen LogP contribution in [0.25, 0.3) is 0 Å². The zero-order valence-corrected chi connectivity index (χ0v) is 12.7. The Bertz CT molecular complexity index is 606. The van der Waals surface area contributed by atoms with Crippen molar-refractivity contribution in [3.63, 3.8) is 0 Å². The van der Waals surface area contributed by atoms with E-state index < -0.39 is 0 Å². The van der Waals surface area contributed by atoms with Crippen molar-refractivity contribution in [1.82, 2.24) is 15.1 Å². The minimum Gasteiger partial charge on any atom is -0.303 e. The molecule has 3 rings (SSSR count). The summed E-state index contributed by atoms with van der Waals surface area (Å²) in [5.41, 5.74) is 5.04. The summed E-state index contributed by atoms with van der Waals surface area (Å²) in [7, 11) is 2.00. The van der Waals surface area contributed by atoms with Gasteiger partial charge in [0, 0.05) is 19.6 Å². The highest BCUT2D eigenvalue weighted by atomic mass is 35.5. The van der Waals surface area contributed by atoms with E-state index in [0.29, 0.717) is 0 Å². The number of fused-ring (bicyclic) bond motifs is 1. The zero-order valence-electron chi connectivity index (χ0n) is 11.9. The van der Waals surface area contributed by atoms with E-state index in [1.807, 2.05) is 11.7 Å². The second-order valence-corrected chi connectivity index (χ2v) is 5.94. The number of hydrogen-bond acceptors (Lipinski definition) is 2. The molecule has 1 heterocycles. The normalized spacial score (nSPS) is 21.1. The lowest BCUT2D eigenvalue weighted by atomic mass is 10.1. The van der Waals surface area contributed by atoms with Crippen LogP contribution in [-0.2, 0) is 26.4 Å². The smallest absolute Gasteiger partial charge is 0.0625 e. The summed E-state index contributed by atoms with van der Waals surface area (Å²) in [5, 5.41) is 8.20. The molecule has 0 bridgehead atoms. The Morgan fingerprint density at radius 2 is 2.20 bits per heavy atom. The van der Waals surface area contributed by atoms with Crippen LogP contribution in [0.15, 0.2) is 30.3 Å². The third-order valence-corrected chi connectivity index (χ3v) is 4.47. The second kappa shape index (κ2) is 5.58. The van der Waals surface area contributed by atoms with Gasteiger partial charge in [0.05, 0.1) is 16.8 Å². The van der Waals surface area contributed by atoms with Gasteiger partial charge in [-0.15, -0.1) is 11.6 Å². The zero-order chi connectivity index (χ0) is 14.1. The van der Waals surface area contributed by atoms with Crippen LogP contribution in [-0.4, -0.2) is 15.2 Å². The van der Waals surface area contributed by atoms with Crippen LogP contribution in [0, 0.1) is 0 Å². The average molecular weight is 290 g/mol. The standard InChI is InChI=1S/C16H20ClN3/c1-3-12-9-13(20(2)19-12)10-18-16-14-7-5-4-6-11(14)8-15(16)17/h4-7,9,15-16,18H,3,8,10H2,1-2H3. The molecule has 106 valence electrons. The molecule has 0 radical (unpaired) electrons. The SMILES string of the molecule is CCc1cc(CNC2c3ccccc3CC2Cl)n(C)n1. The van der Waals surface area contributed by atoms with Gasteiger partial charge in [0.1, 0.15) is 0 Å². The van der Waals surface area contributed by atoms with Crippen molar-refractivity contribution in [3.05, 3.63) is 52.8 Å². The number of alkyl halides is 1. The lowest BCUT2D eigenvalue weighted by Gasteiger charge is -2.17. The van der Waals surface area contributed by atoms with Gasteiger partial charge in [0.2, 0.25) is 0 Å². The van der Waals surface area contributed by atoms with E-state index in [1.54, 1.807) is 0 Å². The van der Waals surface area contributed by atoms with Crippen LogP contribution >= 0.6 is 11.6 Å². The van der Waals surface area contributed by atoms with Crippen LogP contribution in [0.2, 0.25) is 0 Å². The average Bonchev–Trinajstić information content (AvgIpc) is 2.96. The summed E-state index contributed by atoms with van der Waals surface area (Å²) in [6, 6.07) is 10.9. The molecule has 0 saturated carbocycles. The third-order valence-electron chi connectivity index (χ3n) is 4.06. The van der Waals surface area contributed by atoms with Gasteiger partial charge in [-0.3, -0.25) is 4.68 Å². The quantitative estimate of drug-likeness (QED) is 0.877. The highest BCUT2D eigenvalue weighted by Gasteiger charge is 2.30. The molecule has 1 aromatic heterocycles. The van der Waals surface area contributed by atoms with Crippen LogP contribution in [0.3, 0.4) is 0 Å². The van der Waals surface area contributed by atoms with E-state index in [-0.39, 0.29) is 11.4 Å². The van der Waals surface area contributed by atoms with Gasteiger partial charge in [-0.1, -0.05) is 31.2 Å². The fraction of sp³-hybridized carbons (Fsp3) is 0.438. The Labute approximate surface area is 124 Å². The first kappa shape index (κ1) is 13.7. The van der Waals surface area contributed by atoms with Gasteiger partial charge in [-0.25, -0.2) is 0 Å². The van der Waals surface area contributed by atoms with Gasteiger partial charge in [0.15, 0.2) is 0 Å². The molecule has 0 spiro atoms. The molecule has 0 amide bonds. The van der Waals surface area contributed by atoms with Crippen molar-refractivity contribution >= 4 is 11.6 Å². The van der Waals surface area contributed by atoms with E-state index >= 15 is 0 Å². The number of halogens is 1. The number of aryl methyl sites for hydroxylation is 2. The van der Waals surface area contributed by atoms with Gasteiger partial charge in [-0.05, 0) is 30.0 Å². The van der Waals surface area contributed by atoms with Crippen molar-refractivity contribution in [3.8, 4) is 0 Å². The van der Waals surface area contributed by atoms with Crippen molar-refractivity contribution in [2.75, 3.05) is 0 Å².